The Morgan fingerprint density at radius 1 is 1.03 bits per heavy atom. The zero-order valence-corrected chi connectivity index (χ0v) is 16.0. The smallest absolute Gasteiger partial charge is 0.271 e. The maximum Gasteiger partial charge on any atom is 0.271 e. The lowest BCUT2D eigenvalue weighted by molar-refractivity contribution is 0.0945. The van der Waals surface area contributed by atoms with Crippen molar-refractivity contribution in [3.8, 4) is 10.8 Å². The van der Waals surface area contributed by atoms with Crippen molar-refractivity contribution < 1.29 is 14.0 Å². The van der Waals surface area contributed by atoms with Crippen LogP contribution in [0, 0.1) is 0 Å². The number of thiazole rings is 1. The molecule has 0 fully saturated rings. The monoisotopic (exact) mass is 404 g/mol. The molecule has 0 aliphatic heterocycles. The molecule has 4 aromatic rings. The average Bonchev–Trinajstić information content (AvgIpc) is 3.45. The van der Waals surface area contributed by atoms with Crippen molar-refractivity contribution in [3.05, 3.63) is 89.4 Å². The van der Waals surface area contributed by atoms with E-state index in [9.17, 15) is 9.59 Å². The number of hydrogen-bond donors (Lipinski definition) is 2. The number of aromatic nitrogens is 2. The molecule has 0 saturated carbocycles. The molecule has 0 radical (unpaired) electrons. The van der Waals surface area contributed by atoms with Gasteiger partial charge >= 0.3 is 0 Å². The van der Waals surface area contributed by atoms with Crippen LogP contribution < -0.4 is 10.6 Å². The maximum atomic E-state index is 12.4. The lowest BCUT2D eigenvalue weighted by atomic mass is 10.2. The van der Waals surface area contributed by atoms with E-state index in [-0.39, 0.29) is 11.8 Å². The number of carbonyl (C=O) groups excluding carboxylic acids is 2. The Bertz CT molecular complexity index is 1120. The number of anilines is 1. The van der Waals surface area contributed by atoms with Gasteiger partial charge in [-0.3, -0.25) is 14.6 Å². The van der Waals surface area contributed by atoms with Gasteiger partial charge in [0.15, 0.2) is 10.8 Å². The van der Waals surface area contributed by atoms with E-state index < -0.39 is 0 Å². The Balaban J connectivity index is 1.37. The van der Waals surface area contributed by atoms with E-state index in [1.807, 2.05) is 18.2 Å². The quantitative estimate of drug-likeness (QED) is 0.507. The van der Waals surface area contributed by atoms with Crippen molar-refractivity contribution >= 4 is 28.8 Å². The first-order valence-electron chi connectivity index (χ1n) is 8.77. The summed E-state index contributed by atoms with van der Waals surface area (Å²) in [5.74, 6) is 0.137. The number of amides is 2. The van der Waals surface area contributed by atoms with Gasteiger partial charge in [-0.1, -0.05) is 12.1 Å². The first kappa shape index (κ1) is 18.6. The molecule has 0 aliphatic carbocycles. The first-order chi connectivity index (χ1) is 14.2. The van der Waals surface area contributed by atoms with Crippen molar-refractivity contribution in [2.24, 2.45) is 0 Å². The lowest BCUT2D eigenvalue weighted by Gasteiger charge is -2.08. The number of hydrogen-bond acceptors (Lipinski definition) is 6. The van der Waals surface area contributed by atoms with Gasteiger partial charge in [-0.25, -0.2) is 4.98 Å². The lowest BCUT2D eigenvalue weighted by Crippen LogP contribution is -2.23. The number of pyridine rings is 1. The third kappa shape index (κ3) is 4.56. The van der Waals surface area contributed by atoms with Crippen molar-refractivity contribution in [1.82, 2.24) is 15.3 Å². The van der Waals surface area contributed by atoms with Crippen LogP contribution in [-0.2, 0) is 6.54 Å². The normalized spacial score (nSPS) is 10.5. The summed E-state index contributed by atoms with van der Waals surface area (Å²) in [5.41, 5.74) is 2.36. The highest BCUT2D eigenvalue weighted by Gasteiger charge is 2.13. The van der Waals surface area contributed by atoms with Gasteiger partial charge in [0.1, 0.15) is 5.69 Å². The molecule has 1 aromatic carbocycles. The molecule has 3 heterocycles. The average molecular weight is 404 g/mol. The third-order valence-corrected chi connectivity index (χ3v) is 4.91. The molecule has 3 aromatic heterocycles. The van der Waals surface area contributed by atoms with Gasteiger partial charge < -0.3 is 15.1 Å². The summed E-state index contributed by atoms with van der Waals surface area (Å²) in [4.78, 5) is 32.8. The van der Waals surface area contributed by atoms with E-state index in [0.29, 0.717) is 34.3 Å². The second kappa shape index (κ2) is 8.49. The van der Waals surface area contributed by atoms with Crippen molar-refractivity contribution in [3.63, 3.8) is 0 Å². The Morgan fingerprint density at radius 2 is 1.90 bits per heavy atom. The minimum Gasteiger partial charge on any atom is -0.462 e. The largest absolute Gasteiger partial charge is 0.462 e. The SMILES string of the molecule is O=C(Nc1cccc(CNC(=O)c2csc(-c3ccco3)n2)c1)c1ccncc1. The zero-order chi connectivity index (χ0) is 20.1. The summed E-state index contributed by atoms with van der Waals surface area (Å²) < 4.78 is 5.30. The minimum absolute atomic E-state index is 0.221. The molecule has 0 aliphatic rings. The van der Waals surface area contributed by atoms with Crippen LogP contribution in [0.5, 0.6) is 0 Å². The number of rotatable bonds is 6. The first-order valence-corrected chi connectivity index (χ1v) is 9.65. The number of benzene rings is 1. The molecular weight excluding hydrogens is 388 g/mol. The van der Waals surface area contributed by atoms with Crippen molar-refractivity contribution in [1.29, 1.82) is 0 Å². The van der Waals surface area contributed by atoms with Crippen LogP contribution in [0.25, 0.3) is 10.8 Å². The third-order valence-electron chi connectivity index (χ3n) is 4.05. The molecule has 144 valence electrons. The molecule has 2 amide bonds. The highest BCUT2D eigenvalue weighted by Crippen LogP contribution is 2.24. The highest BCUT2D eigenvalue weighted by atomic mass is 32.1. The van der Waals surface area contributed by atoms with Gasteiger partial charge in [-0.15, -0.1) is 11.3 Å². The Hall–Kier alpha value is -3.78. The molecule has 4 rings (SSSR count). The van der Waals surface area contributed by atoms with Crippen LogP contribution in [0.3, 0.4) is 0 Å². The number of nitrogens with zero attached hydrogens (tertiary/aromatic N) is 2. The van der Waals surface area contributed by atoms with E-state index in [1.54, 1.807) is 54.4 Å². The fourth-order valence-electron chi connectivity index (χ4n) is 2.63. The van der Waals surface area contributed by atoms with E-state index >= 15 is 0 Å². The molecule has 8 heteroatoms. The Labute approximate surface area is 170 Å². The molecule has 0 saturated heterocycles. The van der Waals surface area contributed by atoms with E-state index in [2.05, 4.69) is 20.6 Å². The fraction of sp³-hybridized carbons (Fsp3) is 0.0476. The maximum absolute atomic E-state index is 12.4. The van der Waals surface area contributed by atoms with Crippen LogP contribution >= 0.6 is 11.3 Å². The van der Waals surface area contributed by atoms with Crippen molar-refractivity contribution in [2.75, 3.05) is 5.32 Å². The molecule has 7 nitrogen and oxygen atoms in total. The second-order valence-corrected chi connectivity index (χ2v) is 6.95. The van der Waals surface area contributed by atoms with Crippen LogP contribution in [0.1, 0.15) is 26.4 Å². The summed E-state index contributed by atoms with van der Waals surface area (Å²) in [6.45, 7) is 0.311. The molecule has 29 heavy (non-hydrogen) atoms. The number of furan rings is 1. The Kier molecular flexibility index (Phi) is 5.44. The summed E-state index contributed by atoms with van der Waals surface area (Å²) in [6, 6.07) is 14.2. The topological polar surface area (TPSA) is 97.1 Å². The Morgan fingerprint density at radius 3 is 2.69 bits per heavy atom. The summed E-state index contributed by atoms with van der Waals surface area (Å²) in [5, 5.41) is 8.02. The van der Waals surface area contributed by atoms with Gasteiger partial charge in [0, 0.05) is 35.6 Å². The zero-order valence-electron chi connectivity index (χ0n) is 15.2. The summed E-state index contributed by atoms with van der Waals surface area (Å²) in [7, 11) is 0. The summed E-state index contributed by atoms with van der Waals surface area (Å²) >= 11 is 1.35. The van der Waals surface area contributed by atoms with E-state index in [0.717, 1.165) is 5.56 Å². The minimum atomic E-state index is -0.273. The molecule has 0 unspecified atom stereocenters. The highest BCUT2D eigenvalue weighted by molar-refractivity contribution is 7.13. The molecule has 0 atom stereocenters. The second-order valence-electron chi connectivity index (χ2n) is 6.09. The van der Waals surface area contributed by atoms with Crippen molar-refractivity contribution in [2.45, 2.75) is 6.54 Å². The molecule has 2 N–H and O–H groups in total. The van der Waals surface area contributed by atoms with Crippen LogP contribution in [0.2, 0.25) is 0 Å². The van der Waals surface area contributed by atoms with E-state index in [1.165, 1.54) is 11.3 Å². The molecule has 0 bridgehead atoms. The summed E-state index contributed by atoms with van der Waals surface area (Å²) in [6.07, 6.45) is 4.70. The predicted molar refractivity (Wildman–Crippen MR) is 110 cm³/mol. The van der Waals surface area contributed by atoms with Crippen LogP contribution in [0.15, 0.2) is 77.0 Å². The molecule has 0 spiro atoms. The number of nitrogens with one attached hydrogen (secondary N) is 2. The predicted octanol–water partition coefficient (Wildman–Crippen LogP) is 3.98. The standard InChI is InChI=1S/C21H16N4O3S/c26-19(15-6-8-22-9-7-15)24-16-4-1-3-14(11-16)12-23-20(27)17-13-29-21(25-17)18-5-2-10-28-18/h1-11,13H,12H2,(H,23,27)(H,24,26). The van der Waals surface area contributed by atoms with Crippen LogP contribution in [-0.4, -0.2) is 21.8 Å². The van der Waals surface area contributed by atoms with Gasteiger partial charge in [0.25, 0.3) is 11.8 Å². The van der Waals surface area contributed by atoms with Crippen LogP contribution in [0.4, 0.5) is 5.69 Å². The van der Waals surface area contributed by atoms with Gasteiger partial charge in [0.05, 0.1) is 6.26 Å². The van der Waals surface area contributed by atoms with Gasteiger partial charge in [-0.05, 0) is 42.0 Å². The van der Waals surface area contributed by atoms with E-state index in [4.69, 9.17) is 4.42 Å². The fourth-order valence-corrected chi connectivity index (χ4v) is 3.40. The number of carbonyl (C=O) groups is 2. The van der Waals surface area contributed by atoms with Gasteiger partial charge in [-0.2, -0.15) is 0 Å². The van der Waals surface area contributed by atoms with Gasteiger partial charge in [0.2, 0.25) is 0 Å². The molecular formula is C21H16N4O3S.